The molecular formula is C45H34Cl4F8N4O8. The number of halogens is 12. The number of carbonyl (C=O) groups is 3. The second-order valence-corrected chi connectivity index (χ2v) is 17.0. The lowest BCUT2D eigenvalue weighted by Crippen LogP contribution is -2.42. The summed E-state index contributed by atoms with van der Waals surface area (Å²) in [5.74, 6) is -3.14. The highest BCUT2D eigenvalue weighted by Gasteiger charge is 2.62. The zero-order valence-electron chi connectivity index (χ0n) is 36.0. The number of hydrogen-bond acceptors (Lipinski definition) is 11. The van der Waals surface area contributed by atoms with Crippen molar-refractivity contribution >= 4 is 87.0 Å². The van der Waals surface area contributed by atoms with Crippen LogP contribution in [0.4, 0.5) is 35.1 Å². The van der Waals surface area contributed by atoms with E-state index in [1.165, 1.54) is 51.5 Å². The first-order chi connectivity index (χ1) is 32.3. The third-order valence-corrected chi connectivity index (χ3v) is 11.8. The summed E-state index contributed by atoms with van der Waals surface area (Å²) in [6.07, 6.45) is -10.8. The lowest BCUT2D eigenvalue weighted by molar-refractivity contribution is -0.275. The molecule has 1 N–H and O–H groups in total. The van der Waals surface area contributed by atoms with E-state index in [0.717, 1.165) is 24.3 Å². The molecule has 3 heterocycles. The largest absolute Gasteiger partial charge is 0.482 e. The van der Waals surface area contributed by atoms with E-state index in [9.17, 15) is 49.5 Å². The Labute approximate surface area is 406 Å². The lowest BCUT2D eigenvalue weighted by Gasteiger charge is -2.29. The number of benzene rings is 4. The molecule has 4 aromatic carbocycles. The molecule has 0 fully saturated rings. The molecule has 2 unspecified atom stereocenters. The van der Waals surface area contributed by atoms with E-state index in [2.05, 4.69) is 20.8 Å². The van der Waals surface area contributed by atoms with Crippen LogP contribution in [-0.2, 0) is 29.6 Å². The van der Waals surface area contributed by atoms with Gasteiger partial charge in [-0.25, -0.2) is 8.78 Å². The molecule has 1 amide bonds. The van der Waals surface area contributed by atoms with E-state index in [1.54, 1.807) is 13.0 Å². The van der Waals surface area contributed by atoms with E-state index in [4.69, 9.17) is 70.4 Å². The molecule has 366 valence electrons. The fourth-order valence-corrected chi connectivity index (χ4v) is 8.03. The van der Waals surface area contributed by atoms with Crippen molar-refractivity contribution in [3.05, 3.63) is 143 Å². The standard InChI is InChI=1S/C23H18Cl2F4N2O4.C22H16Cl2F4N2O4/c1-11-5-12(3-4-15(11)19(32)8-14-9-20(33-2)31-34-14)18-10-22(35-30-18,23(27,28)29)13-6-16(24)21(26)17(25)7-13;1-10-5-11(3-4-13(10)21(32)29-18-9-19(33-2)30-34-18)17(31)8-14(22(26,27)28)12-6-15(23)20(25)16(24)7-12/h3-7,14H,8-10H2,1-2H3;3-8,18H,9H2,1-2H3,(H,29,32)/b;14-8+/t14?,22-;/m0./s1. The lowest BCUT2D eigenvalue weighted by atomic mass is 9.86. The first-order valence-electron chi connectivity index (χ1n) is 19.9. The van der Waals surface area contributed by atoms with Gasteiger partial charge in [0.1, 0.15) is 6.10 Å². The van der Waals surface area contributed by atoms with Gasteiger partial charge in [-0.1, -0.05) is 74.9 Å². The van der Waals surface area contributed by atoms with Gasteiger partial charge >= 0.3 is 12.4 Å². The Kier molecular flexibility index (Phi) is 15.9. The van der Waals surface area contributed by atoms with Crippen molar-refractivity contribution in [2.45, 2.75) is 69.8 Å². The van der Waals surface area contributed by atoms with E-state index in [1.807, 2.05) is 0 Å². The number of aryl methyl sites for hydroxylation is 2. The number of rotatable bonds is 10. The summed E-state index contributed by atoms with van der Waals surface area (Å²) in [5, 5.41) is 11.2. The van der Waals surface area contributed by atoms with Gasteiger partial charge in [0.2, 0.25) is 18.0 Å². The van der Waals surface area contributed by atoms with Gasteiger partial charge in [0.25, 0.3) is 11.5 Å². The molecule has 0 saturated carbocycles. The predicted octanol–water partition coefficient (Wildman–Crippen LogP) is 12.1. The second kappa shape index (κ2) is 21.0. The highest BCUT2D eigenvalue weighted by molar-refractivity contribution is 6.35. The third kappa shape index (κ3) is 11.7. The number of alkyl halides is 6. The van der Waals surface area contributed by atoms with Gasteiger partial charge in [0, 0.05) is 28.7 Å². The maximum Gasteiger partial charge on any atom is 0.435 e. The number of allylic oxidation sites excluding steroid dienone is 2. The first kappa shape index (κ1) is 52.4. The van der Waals surface area contributed by atoms with Crippen molar-refractivity contribution in [1.82, 2.24) is 5.32 Å². The number of methoxy groups -OCH3 is 2. The van der Waals surface area contributed by atoms with E-state index >= 15 is 0 Å². The molecule has 0 radical (unpaired) electrons. The van der Waals surface area contributed by atoms with Crippen molar-refractivity contribution in [3.8, 4) is 0 Å². The molecule has 0 saturated heterocycles. The SMILES string of the molecule is COC1=NOC(CC(=O)c2ccc(C3=NO[C@@](c4cc(Cl)c(F)c(Cl)c4)(C(F)(F)F)C3)cc2C)C1.COC1=NOC(NC(=O)c2ccc(C(=O)/C=C(\c3cc(Cl)c(F)c(Cl)c3)C(F)(F)F)cc2C)C1. The number of carbonyl (C=O) groups excluding carboxylic acids is 3. The minimum atomic E-state index is -4.96. The first-order valence-corrected chi connectivity index (χ1v) is 21.4. The third-order valence-electron chi connectivity index (χ3n) is 10.7. The molecule has 0 aromatic heterocycles. The topological polar surface area (TPSA) is 146 Å². The van der Waals surface area contributed by atoms with Crippen molar-refractivity contribution in [3.63, 3.8) is 0 Å². The summed E-state index contributed by atoms with van der Waals surface area (Å²) in [5.41, 5.74) is -3.61. The zero-order valence-corrected chi connectivity index (χ0v) is 39.0. The number of oxime groups is 3. The van der Waals surface area contributed by atoms with Crippen LogP contribution >= 0.6 is 46.4 Å². The van der Waals surface area contributed by atoms with Crippen LogP contribution in [0, 0.1) is 25.5 Å². The average molecular weight is 1050 g/mol. The summed E-state index contributed by atoms with van der Waals surface area (Å²) in [4.78, 5) is 53.0. The minimum Gasteiger partial charge on any atom is -0.482 e. The molecule has 7 rings (SSSR count). The quantitative estimate of drug-likeness (QED) is 0.0715. The van der Waals surface area contributed by atoms with Crippen molar-refractivity contribution in [2.75, 3.05) is 14.2 Å². The summed E-state index contributed by atoms with van der Waals surface area (Å²) in [6, 6.07) is 11.5. The highest BCUT2D eigenvalue weighted by Crippen LogP contribution is 2.50. The number of ketones is 2. The van der Waals surface area contributed by atoms with Crippen LogP contribution in [0.15, 0.2) is 82.2 Å². The summed E-state index contributed by atoms with van der Waals surface area (Å²) >= 11 is 22.7. The van der Waals surface area contributed by atoms with Gasteiger partial charge in [0.15, 0.2) is 23.2 Å². The molecule has 0 bridgehead atoms. The van der Waals surface area contributed by atoms with E-state index in [0.29, 0.717) is 46.5 Å². The smallest absolute Gasteiger partial charge is 0.435 e. The second-order valence-electron chi connectivity index (χ2n) is 15.3. The molecule has 3 atom stereocenters. The van der Waals surface area contributed by atoms with E-state index in [-0.39, 0.29) is 35.5 Å². The Balaban J connectivity index is 0.000000227. The summed E-state index contributed by atoms with van der Waals surface area (Å²) < 4.78 is 121. The Morgan fingerprint density at radius 3 is 1.86 bits per heavy atom. The van der Waals surface area contributed by atoms with Crippen molar-refractivity contribution in [1.29, 1.82) is 0 Å². The number of hydrogen-bond donors (Lipinski definition) is 1. The van der Waals surface area contributed by atoms with Gasteiger partial charge in [-0.05, 0) is 89.8 Å². The van der Waals surface area contributed by atoms with Gasteiger partial charge in [-0.15, -0.1) is 0 Å². The van der Waals surface area contributed by atoms with Crippen LogP contribution in [0.5, 0.6) is 0 Å². The maximum atomic E-state index is 14.2. The van der Waals surface area contributed by atoms with Crippen LogP contribution in [-0.4, -0.2) is 73.9 Å². The molecule has 0 spiro atoms. The van der Waals surface area contributed by atoms with Gasteiger partial charge in [-0.2, -0.15) is 26.3 Å². The molecule has 0 aliphatic carbocycles. The summed E-state index contributed by atoms with van der Waals surface area (Å²) in [6.45, 7) is 3.18. The summed E-state index contributed by atoms with van der Waals surface area (Å²) in [7, 11) is 2.86. The van der Waals surface area contributed by atoms with Gasteiger partial charge in [0.05, 0.1) is 64.9 Å². The van der Waals surface area contributed by atoms with Crippen LogP contribution in [0.25, 0.3) is 5.57 Å². The van der Waals surface area contributed by atoms with Gasteiger partial charge in [-0.3, -0.25) is 14.4 Å². The average Bonchev–Trinajstić information content (AvgIpc) is 4.07. The molecule has 3 aliphatic heterocycles. The molecule has 3 aliphatic rings. The van der Waals surface area contributed by atoms with Crippen LogP contribution in [0.1, 0.15) is 84.6 Å². The number of nitrogens with zero attached hydrogens (tertiary/aromatic N) is 3. The van der Waals surface area contributed by atoms with Crippen LogP contribution in [0.2, 0.25) is 20.1 Å². The molecule has 24 heteroatoms. The number of Topliss-reactive ketones (excluding diaryl/α,β-unsaturated/α-hetero) is 1. The van der Waals surface area contributed by atoms with Crippen LogP contribution < -0.4 is 5.32 Å². The zero-order chi connectivity index (χ0) is 50.7. The fraction of sp³-hybridized carbons (Fsp3) is 0.289. The Bertz CT molecular complexity index is 2790. The Hall–Kier alpha value is -5.96. The Morgan fingerprint density at radius 2 is 1.32 bits per heavy atom. The van der Waals surface area contributed by atoms with Gasteiger partial charge < -0.3 is 29.3 Å². The van der Waals surface area contributed by atoms with E-state index < -0.39 is 96.8 Å². The number of ether oxygens (including phenoxy) is 2. The van der Waals surface area contributed by atoms with Crippen molar-refractivity contribution < 1.29 is 73.5 Å². The highest BCUT2D eigenvalue weighted by atomic mass is 35.5. The molecular weight excluding hydrogens is 1020 g/mol. The Morgan fingerprint density at radius 1 is 0.754 bits per heavy atom. The normalized spacial score (nSPS) is 19.0. The predicted molar refractivity (Wildman–Crippen MR) is 238 cm³/mol. The monoisotopic (exact) mass is 1050 g/mol. The molecule has 69 heavy (non-hydrogen) atoms. The molecule has 4 aromatic rings. The fourth-order valence-electron chi connectivity index (χ4n) is 7.06. The van der Waals surface area contributed by atoms with Crippen LogP contribution in [0.3, 0.4) is 0 Å². The molecule has 12 nitrogen and oxygen atoms in total. The maximum absolute atomic E-state index is 14.2. The number of amides is 1. The van der Waals surface area contributed by atoms with Crippen molar-refractivity contribution in [2.24, 2.45) is 15.5 Å². The minimum absolute atomic E-state index is 0.00161. The number of nitrogens with one attached hydrogen (secondary N) is 1.